The van der Waals surface area contributed by atoms with E-state index in [-0.39, 0.29) is 28.0 Å². The number of hydrogen-bond acceptors (Lipinski definition) is 6. The fourth-order valence-electron chi connectivity index (χ4n) is 5.39. The van der Waals surface area contributed by atoms with Crippen LogP contribution in [-0.2, 0) is 23.5 Å². The number of ether oxygens (including phenoxy) is 3. The number of aromatic nitrogens is 2. The van der Waals surface area contributed by atoms with Gasteiger partial charge in [0.15, 0.2) is 11.5 Å². The maximum Gasteiger partial charge on any atom is 0.346 e. The van der Waals surface area contributed by atoms with Crippen molar-refractivity contribution in [2.24, 2.45) is 0 Å². The van der Waals surface area contributed by atoms with Gasteiger partial charge in [-0.05, 0) is 53.9 Å². The van der Waals surface area contributed by atoms with Crippen LogP contribution in [0.2, 0.25) is 5.02 Å². The predicted molar refractivity (Wildman–Crippen MR) is 154 cm³/mol. The Bertz CT molecular complexity index is 1880. The molecule has 0 spiro atoms. The summed E-state index contributed by atoms with van der Waals surface area (Å²) >= 11 is 7.02. The summed E-state index contributed by atoms with van der Waals surface area (Å²) in [5.74, 6) is -2.00. The molecule has 7 nitrogen and oxygen atoms in total. The van der Waals surface area contributed by atoms with E-state index in [4.69, 9.17) is 25.8 Å². The molecule has 1 N–H and O–H groups in total. The van der Waals surface area contributed by atoms with Crippen molar-refractivity contribution < 1.29 is 32.9 Å². The van der Waals surface area contributed by atoms with Crippen LogP contribution in [0.25, 0.3) is 21.5 Å². The lowest BCUT2D eigenvalue weighted by Gasteiger charge is -2.27. The zero-order chi connectivity index (χ0) is 29.2. The fourth-order valence-corrected chi connectivity index (χ4v) is 6.44. The Hall–Kier alpha value is -3.99. The van der Waals surface area contributed by atoms with E-state index in [0.29, 0.717) is 57.5 Å². The number of para-hydroxylation sites is 1. The van der Waals surface area contributed by atoms with Crippen LogP contribution in [0.4, 0.5) is 8.78 Å². The van der Waals surface area contributed by atoms with E-state index in [2.05, 4.69) is 4.98 Å². The third kappa shape index (κ3) is 4.59. The van der Waals surface area contributed by atoms with Crippen LogP contribution in [0.1, 0.15) is 40.0 Å². The van der Waals surface area contributed by atoms with Gasteiger partial charge in [0, 0.05) is 30.5 Å². The van der Waals surface area contributed by atoms with Crippen molar-refractivity contribution >= 4 is 39.3 Å². The molecule has 7 rings (SSSR count). The second-order valence-electron chi connectivity index (χ2n) is 10.4. The fraction of sp³-hybridized carbons (Fsp3) is 0.226. The van der Waals surface area contributed by atoms with Crippen LogP contribution < -0.4 is 9.47 Å². The lowest BCUT2D eigenvalue weighted by molar-refractivity contribution is -0.0705. The van der Waals surface area contributed by atoms with E-state index in [1.807, 2.05) is 4.57 Å². The highest BCUT2D eigenvalue weighted by molar-refractivity contribution is 7.20. The smallest absolute Gasteiger partial charge is 0.346 e. The third-order valence-electron chi connectivity index (χ3n) is 7.63. The lowest BCUT2D eigenvalue weighted by atomic mass is 10.0. The molecule has 2 atom stereocenters. The number of carboxylic acid groups (broad SMARTS) is 1. The highest BCUT2D eigenvalue weighted by Gasteiger charge is 2.42. The Kier molecular flexibility index (Phi) is 6.45. The molecule has 5 aromatic rings. The molecule has 42 heavy (non-hydrogen) atoms. The van der Waals surface area contributed by atoms with Gasteiger partial charge in [-0.2, -0.15) is 0 Å². The Labute approximate surface area is 247 Å². The number of halogens is 3. The van der Waals surface area contributed by atoms with Gasteiger partial charge in [0.05, 0.1) is 23.7 Å². The number of nitrogens with zero attached hydrogens (tertiary/aromatic N) is 2. The van der Waals surface area contributed by atoms with Crippen molar-refractivity contribution in [3.05, 3.63) is 99.1 Å². The molecule has 4 heterocycles. The van der Waals surface area contributed by atoms with Gasteiger partial charge in [-0.3, -0.25) is 0 Å². The van der Waals surface area contributed by atoms with Crippen molar-refractivity contribution in [1.29, 1.82) is 0 Å². The summed E-state index contributed by atoms with van der Waals surface area (Å²) in [6.45, 7) is 2.82. The first kappa shape index (κ1) is 26.9. The molecule has 2 aliphatic heterocycles. The Balaban J connectivity index is 1.19. The first-order valence-electron chi connectivity index (χ1n) is 13.3. The van der Waals surface area contributed by atoms with Gasteiger partial charge >= 0.3 is 5.97 Å². The molecule has 0 radical (unpaired) electrons. The van der Waals surface area contributed by atoms with Gasteiger partial charge in [-0.25, -0.2) is 18.6 Å². The minimum absolute atomic E-state index is 0.0102. The molecule has 0 amide bonds. The summed E-state index contributed by atoms with van der Waals surface area (Å²) in [4.78, 5) is 17.0. The van der Waals surface area contributed by atoms with Crippen LogP contribution in [0.5, 0.6) is 11.5 Å². The number of benzene rings is 3. The summed E-state index contributed by atoms with van der Waals surface area (Å²) in [6, 6.07) is 16.1. The molecule has 3 aromatic carbocycles. The molecule has 0 aliphatic carbocycles. The number of rotatable bonds is 7. The highest BCUT2D eigenvalue weighted by atomic mass is 35.5. The molecule has 1 fully saturated rings. The largest absolute Gasteiger partial charge is 0.477 e. The monoisotopic (exact) mass is 608 g/mol. The maximum absolute atomic E-state index is 15.6. The number of imidazole rings is 1. The number of hydrogen-bond donors (Lipinski definition) is 1. The summed E-state index contributed by atoms with van der Waals surface area (Å²) in [7, 11) is 0. The summed E-state index contributed by atoms with van der Waals surface area (Å²) in [5, 5.41) is 9.68. The average molecular weight is 609 g/mol. The molecule has 2 aliphatic rings. The second-order valence-corrected chi connectivity index (χ2v) is 11.9. The van der Waals surface area contributed by atoms with Gasteiger partial charge in [-0.15, -0.1) is 11.3 Å². The van der Waals surface area contributed by atoms with E-state index < -0.39 is 23.4 Å². The number of thiophene rings is 1. The van der Waals surface area contributed by atoms with Crippen molar-refractivity contribution in [3.63, 3.8) is 0 Å². The van der Waals surface area contributed by atoms with Crippen molar-refractivity contribution in [2.45, 2.75) is 38.2 Å². The standard InChI is InChI=1S/C31H23ClF2N2O5S/c1-31(21-8-7-18(32)13-23(21)34)40-25-4-2-3-20(28(25)41-31)16-5-6-17(22(33)11-16)12-27-35-29-24(14-26(42-29)30(37)38)36(27)15-19-9-10-39-19/h2-8,11,13-14,19H,9-10,12,15H2,1H3,(H,37,38)/t19-,31+/m0/s1. The van der Waals surface area contributed by atoms with Gasteiger partial charge < -0.3 is 23.9 Å². The quantitative estimate of drug-likeness (QED) is 0.207. The zero-order valence-electron chi connectivity index (χ0n) is 22.2. The van der Waals surface area contributed by atoms with E-state index in [0.717, 1.165) is 17.8 Å². The van der Waals surface area contributed by atoms with Crippen molar-refractivity contribution in [1.82, 2.24) is 9.55 Å². The zero-order valence-corrected chi connectivity index (χ0v) is 23.8. The lowest BCUT2D eigenvalue weighted by Crippen LogP contribution is -2.32. The van der Waals surface area contributed by atoms with Gasteiger partial charge in [0.1, 0.15) is 27.2 Å². The van der Waals surface area contributed by atoms with Crippen LogP contribution >= 0.6 is 22.9 Å². The molecule has 11 heteroatoms. The van der Waals surface area contributed by atoms with Gasteiger partial charge in [0.2, 0.25) is 0 Å². The first-order chi connectivity index (χ1) is 20.2. The molecule has 0 saturated carbocycles. The molecule has 1 saturated heterocycles. The predicted octanol–water partition coefficient (Wildman–Crippen LogP) is 7.42. The normalized spacial score (nSPS) is 19.3. The summed E-state index contributed by atoms with van der Waals surface area (Å²) in [5.41, 5.74) is 2.49. The Morgan fingerprint density at radius 3 is 2.69 bits per heavy atom. The Morgan fingerprint density at radius 1 is 1.14 bits per heavy atom. The molecular formula is C31H23ClF2N2O5S. The summed E-state index contributed by atoms with van der Waals surface area (Å²) < 4.78 is 50.2. The van der Waals surface area contributed by atoms with Gasteiger partial charge in [-0.1, -0.05) is 35.9 Å². The Morgan fingerprint density at radius 2 is 1.98 bits per heavy atom. The first-order valence-corrected chi connectivity index (χ1v) is 14.5. The third-order valence-corrected chi connectivity index (χ3v) is 8.87. The SMILES string of the molecule is C[C@@]1(c2ccc(Cl)cc2F)Oc2cccc(-c3ccc(Cc4nc5sc(C(=O)O)cc5n4C[C@@H]4CCO4)c(F)c3)c2O1. The van der Waals surface area contributed by atoms with E-state index in [1.165, 1.54) is 18.2 Å². The molecule has 0 unspecified atom stereocenters. The van der Waals surface area contributed by atoms with Crippen molar-refractivity contribution in [3.8, 4) is 22.6 Å². The topological polar surface area (TPSA) is 82.8 Å². The second kappa shape index (κ2) is 10.1. The molecule has 2 aromatic heterocycles. The highest BCUT2D eigenvalue weighted by Crippen LogP contribution is 2.49. The van der Waals surface area contributed by atoms with Crippen LogP contribution in [0, 0.1) is 11.6 Å². The van der Waals surface area contributed by atoms with Crippen LogP contribution in [-0.4, -0.2) is 33.3 Å². The van der Waals surface area contributed by atoms with E-state index >= 15 is 4.39 Å². The number of carbonyl (C=O) groups is 1. The number of carboxylic acids is 1. The maximum atomic E-state index is 15.6. The minimum Gasteiger partial charge on any atom is -0.477 e. The number of fused-ring (bicyclic) bond motifs is 2. The van der Waals surface area contributed by atoms with Gasteiger partial charge in [0.25, 0.3) is 5.79 Å². The van der Waals surface area contributed by atoms with E-state index in [9.17, 15) is 14.3 Å². The van der Waals surface area contributed by atoms with Crippen LogP contribution in [0.3, 0.4) is 0 Å². The molecule has 214 valence electrons. The van der Waals surface area contributed by atoms with Crippen molar-refractivity contribution in [2.75, 3.05) is 6.61 Å². The summed E-state index contributed by atoms with van der Waals surface area (Å²) in [6.07, 6.45) is 1.12. The molecule has 0 bridgehead atoms. The average Bonchev–Trinajstić information content (AvgIpc) is 3.58. The minimum atomic E-state index is -1.43. The van der Waals surface area contributed by atoms with Crippen LogP contribution in [0.15, 0.2) is 60.7 Å². The van der Waals surface area contributed by atoms with E-state index in [1.54, 1.807) is 49.4 Å². The number of aromatic carboxylic acids is 1. The molecular weight excluding hydrogens is 586 g/mol.